The SMILES string of the molecule is Cc1ccc([N+](=O)[O-])cc1Oc1ccc(I)cc1. The summed E-state index contributed by atoms with van der Waals surface area (Å²) in [6, 6.07) is 12.1. The van der Waals surface area contributed by atoms with Gasteiger partial charge in [0.25, 0.3) is 5.69 Å². The molecule has 0 bridgehead atoms. The van der Waals surface area contributed by atoms with Crippen LogP contribution in [0.1, 0.15) is 5.56 Å². The molecular weight excluding hydrogens is 345 g/mol. The van der Waals surface area contributed by atoms with E-state index in [0.29, 0.717) is 11.5 Å². The van der Waals surface area contributed by atoms with Gasteiger partial charge in [0.15, 0.2) is 0 Å². The first kappa shape index (κ1) is 12.8. The molecule has 0 atom stereocenters. The Morgan fingerprint density at radius 2 is 1.83 bits per heavy atom. The Labute approximate surface area is 118 Å². The number of nitro benzene ring substituents is 1. The molecular formula is C13H10INO3. The highest BCUT2D eigenvalue weighted by atomic mass is 127. The largest absolute Gasteiger partial charge is 0.457 e. The van der Waals surface area contributed by atoms with Crippen LogP contribution in [0.2, 0.25) is 0 Å². The van der Waals surface area contributed by atoms with Crippen LogP contribution in [0, 0.1) is 20.6 Å². The number of hydrogen-bond donors (Lipinski definition) is 0. The lowest BCUT2D eigenvalue weighted by atomic mass is 10.2. The molecule has 2 aromatic carbocycles. The summed E-state index contributed by atoms with van der Waals surface area (Å²) < 4.78 is 6.75. The van der Waals surface area contributed by atoms with Crippen molar-refractivity contribution >= 4 is 28.3 Å². The molecule has 0 unspecified atom stereocenters. The summed E-state index contributed by atoms with van der Waals surface area (Å²) in [5.41, 5.74) is 0.889. The van der Waals surface area contributed by atoms with Gasteiger partial charge < -0.3 is 4.74 Å². The van der Waals surface area contributed by atoms with E-state index in [1.807, 2.05) is 31.2 Å². The van der Waals surface area contributed by atoms with Gasteiger partial charge in [-0.25, -0.2) is 0 Å². The fourth-order valence-electron chi connectivity index (χ4n) is 1.44. The maximum absolute atomic E-state index is 10.7. The third kappa shape index (κ3) is 2.98. The van der Waals surface area contributed by atoms with E-state index < -0.39 is 4.92 Å². The maximum Gasteiger partial charge on any atom is 0.273 e. The quantitative estimate of drug-likeness (QED) is 0.469. The number of aryl methyl sites for hydroxylation is 1. The minimum Gasteiger partial charge on any atom is -0.457 e. The zero-order valence-corrected chi connectivity index (χ0v) is 11.7. The molecule has 0 aliphatic heterocycles. The molecule has 0 aromatic heterocycles. The second-order valence-electron chi connectivity index (χ2n) is 3.76. The minimum atomic E-state index is -0.430. The minimum absolute atomic E-state index is 0.0288. The fraction of sp³-hybridized carbons (Fsp3) is 0.0769. The van der Waals surface area contributed by atoms with Crippen molar-refractivity contribution in [3.63, 3.8) is 0 Å². The van der Waals surface area contributed by atoms with E-state index in [4.69, 9.17) is 4.74 Å². The van der Waals surface area contributed by atoms with E-state index in [1.165, 1.54) is 12.1 Å². The first-order valence-corrected chi connectivity index (χ1v) is 6.32. The zero-order chi connectivity index (χ0) is 13.1. The van der Waals surface area contributed by atoms with Crippen LogP contribution >= 0.6 is 22.6 Å². The summed E-state index contributed by atoms with van der Waals surface area (Å²) in [5, 5.41) is 10.7. The molecule has 2 rings (SSSR count). The van der Waals surface area contributed by atoms with Crippen molar-refractivity contribution in [2.75, 3.05) is 0 Å². The predicted octanol–water partition coefficient (Wildman–Crippen LogP) is 4.30. The van der Waals surface area contributed by atoms with Crippen molar-refractivity contribution in [3.8, 4) is 11.5 Å². The Hall–Kier alpha value is -1.63. The fourth-order valence-corrected chi connectivity index (χ4v) is 1.80. The molecule has 0 aliphatic rings. The molecule has 0 heterocycles. The summed E-state index contributed by atoms with van der Waals surface area (Å²) >= 11 is 2.20. The van der Waals surface area contributed by atoms with Gasteiger partial charge in [0.05, 0.1) is 11.0 Å². The molecule has 0 saturated heterocycles. The van der Waals surface area contributed by atoms with Crippen LogP contribution in [0.3, 0.4) is 0 Å². The monoisotopic (exact) mass is 355 g/mol. The summed E-state index contributed by atoms with van der Waals surface area (Å²) in [7, 11) is 0. The van der Waals surface area contributed by atoms with Crippen molar-refractivity contribution in [2.24, 2.45) is 0 Å². The second-order valence-corrected chi connectivity index (χ2v) is 5.01. The van der Waals surface area contributed by atoms with Gasteiger partial charge in [-0.2, -0.15) is 0 Å². The van der Waals surface area contributed by atoms with Crippen molar-refractivity contribution < 1.29 is 9.66 Å². The zero-order valence-electron chi connectivity index (χ0n) is 9.59. The Morgan fingerprint density at radius 1 is 1.17 bits per heavy atom. The summed E-state index contributed by atoms with van der Waals surface area (Å²) in [6.07, 6.45) is 0. The van der Waals surface area contributed by atoms with Crippen molar-refractivity contribution in [1.29, 1.82) is 0 Å². The van der Waals surface area contributed by atoms with Crippen molar-refractivity contribution in [3.05, 3.63) is 61.7 Å². The molecule has 5 heteroatoms. The number of hydrogen-bond acceptors (Lipinski definition) is 3. The van der Waals surface area contributed by atoms with Gasteiger partial charge in [0, 0.05) is 9.64 Å². The van der Waals surface area contributed by atoms with Gasteiger partial charge in [0.2, 0.25) is 0 Å². The highest BCUT2D eigenvalue weighted by Gasteiger charge is 2.10. The molecule has 0 aliphatic carbocycles. The Kier molecular flexibility index (Phi) is 3.81. The molecule has 0 fully saturated rings. The van der Waals surface area contributed by atoms with E-state index in [1.54, 1.807) is 6.07 Å². The van der Waals surface area contributed by atoms with Crippen LogP contribution in [0.15, 0.2) is 42.5 Å². The number of nitro groups is 1. The van der Waals surface area contributed by atoms with Crippen LogP contribution in [-0.2, 0) is 0 Å². The Bertz CT molecular complexity index is 581. The molecule has 0 spiro atoms. The van der Waals surface area contributed by atoms with Crippen LogP contribution in [0.5, 0.6) is 11.5 Å². The number of rotatable bonds is 3. The topological polar surface area (TPSA) is 52.4 Å². The Balaban J connectivity index is 2.30. The molecule has 0 saturated carbocycles. The first-order valence-electron chi connectivity index (χ1n) is 5.25. The molecule has 92 valence electrons. The first-order chi connectivity index (χ1) is 8.56. The highest BCUT2D eigenvalue weighted by molar-refractivity contribution is 14.1. The molecule has 4 nitrogen and oxygen atoms in total. The number of nitrogens with zero attached hydrogens (tertiary/aromatic N) is 1. The number of halogens is 1. The molecule has 2 aromatic rings. The maximum atomic E-state index is 10.7. The van der Waals surface area contributed by atoms with E-state index in [9.17, 15) is 10.1 Å². The molecule has 0 N–H and O–H groups in total. The van der Waals surface area contributed by atoms with Crippen LogP contribution in [0.25, 0.3) is 0 Å². The lowest BCUT2D eigenvalue weighted by molar-refractivity contribution is -0.384. The lowest BCUT2D eigenvalue weighted by Crippen LogP contribution is -1.92. The van der Waals surface area contributed by atoms with Crippen LogP contribution < -0.4 is 4.74 Å². The summed E-state index contributed by atoms with van der Waals surface area (Å²) in [6.45, 7) is 1.85. The second kappa shape index (κ2) is 5.34. The van der Waals surface area contributed by atoms with Crippen LogP contribution in [-0.4, -0.2) is 4.92 Å². The van der Waals surface area contributed by atoms with E-state index in [0.717, 1.165) is 9.13 Å². The molecule has 0 amide bonds. The molecule has 18 heavy (non-hydrogen) atoms. The van der Waals surface area contributed by atoms with Crippen molar-refractivity contribution in [1.82, 2.24) is 0 Å². The lowest BCUT2D eigenvalue weighted by Gasteiger charge is -2.08. The number of non-ortho nitro benzene ring substituents is 1. The van der Waals surface area contributed by atoms with Gasteiger partial charge in [-0.05, 0) is 65.4 Å². The van der Waals surface area contributed by atoms with Gasteiger partial charge in [-0.15, -0.1) is 0 Å². The average Bonchev–Trinajstić information content (AvgIpc) is 2.34. The predicted molar refractivity (Wildman–Crippen MR) is 77.1 cm³/mol. The standard InChI is InChI=1S/C13H10INO3/c1-9-2-5-11(15(16)17)8-13(9)18-12-6-3-10(14)4-7-12/h2-8H,1H3. The van der Waals surface area contributed by atoms with Crippen LogP contribution in [0.4, 0.5) is 5.69 Å². The smallest absolute Gasteiger partial charge is 0.273 e. The van der Waals surface area contributed by atoms with Gasteiger partial charge >= 0.3 is 0 Å². The van der Waals surface area contributed by atoms with Crippen molar-refractivity contribution in [2.45, 2.75) is 6.92 Å². The Morgan fingerprint density at radius 3 is 2.44 bits per heavy atom. The normalized spacial score (nSPS) is 10.1. The van der Waals surface area contributed by atoms with E-state index in [-0.39, 0.29) is 5.69 Å². The third-order valence-electron chi connectivity index (χ3n) is 2.42. The summed E-state index contributed by atoms with van der Waals surface area (Å²) in [4.78, 5) is 10.3. The number of ether oxygens (including phenoxy) is 1. The van der Waals surface area contributed by atoms with Gasteiger partial charge in [0.1, 0.15) is 11.5 Å². The third-order valence-corrected chi connectivity index (χ3v) is 3.14. The molecule has 0 radical (unpaired) electrons. The van der Waals surface area contributed by atoms with Gasteiger partial charge in [-0.1, -0.05) is 0 Å². The average molecular weight is 355 g/mol. The van der Waals surface area contributed by atoms with Gasteiger partial charge in [-0.3, -0.25) is 10.1 Å². The number of benzene rings is 2. The van der Waals surface area contributed by atoms with E-state index >= 15 is 0 Å². The van der Waals surface area contributed by atoms with E-state index in [2.05, 4.69) is 22.6 Å². The summed E-state index contributed by atoms with van der Waals surface area (Å²) in [5.74, 6) is 1.17. The highest BCUT2D eigenvalue weighted by Crippen LogP contribution is 2.29.